The quantitative estimate of drug-likeness (QED) is 0.871. The van der Waals surface area contributed by atoms with Gasteiger partial charge in [-0.15, -0.1) is 0 Å². The van der Waals surface area contributed by atoms with E-state index >= 15 is 0 Å². The molecule has 0 bridgehead atoms. The van der Waals surface area contributed by atoms with Crippen LogP contribution in [-0.4, -0.2) is 6.61 Å². The largest absolute Gasteiger partial charge is 0.435 e. The molecule has 0 heterocycles. The zero-order valence-corrected chi connectivity index (χ0v) is 10.5. The molecule has 0 amide bonds. The molecule has 0 atom stereocenters. The van der Waals surface area contributed by atoms with Crippen LogP contribution in [0.5, 0.6) is 5.75 Å². The molecule has 2 nitrogen and oxygen atoms in total. The molecule has 1 saturated carbocycles. The number of hydrogen-bond donors (Lipinski definition) is 1. The van der Waals surface area contributed by atoms with E-state index in [9.17, 15) is 8.78 Å². The molecule has 0 aliphatic heterocycles. The van der Waals surface area contributed by atoms with Crippen molar-refractivity contribution in [3.8, 4) is 5.75 Å². The minimum absolute atomic E-state index is 0.182. The van der Waals surface area contributed by atoms with Gasteiger partial charge in [-0.1, -0.05) is 31.9 Å². The highest BCUT2D eigenvalue weighted by atomic mass is 19.3. The third-order valence-corrected chi connectivity index (χ3v) is 3.66. The topological polar surface area (TPSA) is 35.2 Å². The van der Waals surface area contributed by atoms with Gasteiger partial charge in [0.15, 0.2) is 0 Å². The summed E-state index contributed by atoms with van der Waals surface area (Å²) in [4.78, 5) is 0. The first-order valence-corrected chi connectivity index (χ1v) is 6.38. The second kappa shape index (κ2) is 5.22. The summed E-state index contributed by atoms with van der Waals surface area (Å²) in [6, 6.07) is 6.70. The van der Waals surface area contributed by atoms with Gasteiger partial charge in [-0.25, -0.2) is 0 Å². The number of ether oxygens (including phenoxy) is 1. The zero-order chi connectivity index (χ0) is 13.2. The SMILES string of the molecule is CCCC1CC(N)(c2ccc(OC(F)F)cc2)C1. The molecule has 1 aliphatic rings. The van der Waals surface area contributed by atoms with E-state index in [4.69, 9.17) is 5.73 Å². The fraction of sp³-hybridized carbons (Fsp3) is 0.571. The maximum Gasteiger partial charge on any atom is 0.387 e. The molecule has 1 aliphatic carbocycles. The van der Waals surface area contributed by atoms with Crippen molar-refractivity contribution >= 4 is 0 Å². The van der Waals surface area contributed by atoms with Crippen LogP contribution in [-0.2, 0) is 5.54 Å². The highest BCUT2D eigenvalue weighted by molar-refractivity contribution is 5.33. The van der Waals surface area contributed by atoms with Crippen LogP contribution in [0.4, 0.5) is 8.78 Å². The van der Waals surface area contributed by atoms with Crippen LogP contribution in [0.25, 0.3) is 0 Å². The molecule has 18 heavy (non-hydrogen) atoms. The Morgan fingerprint density at radius 3 is 2.44 bits per heavy atom. The summed E-state index contributed by atoms with van der Waals surface area (Å²) in [6.45, 7) is -0.604. The highest BCUT2D eigenvalue weighted by Crippen LogP contribution is 2.45. The molecular formula is C14H19F2NO. The molecule has 0 spiro atoms. The van der Waals surface area contributed by atoms with E-state index in [0.717, 1.165) is 18.4 Å². The lowest BCUT2D eigenvalue weighted by Gasteiger charge is -2.45. The number of rotatable bonds is 5. The van der Waals surface area contributed by atoms with Gasteiger partial charge >= 0.3 is 6.61 Å². The zero-order valence-electron chi connectivity index (χ0n) is 10.5. The number of benzene rings is 1. The molecule has 1 fully saturated rings. The first kappa shape index (κ1) is 13.3. The Bertz CT molecular complexity index is 385. The number of hydrogen-bond acceptors (Lipinski definition) is 2. The Labute approximate surface area is 106 Å². The molecule has 0 radical (unpaired) electrons. The van der Waals surface area contributed by atoms with E-state index in [2.05, 4.69) is 11.7 Å². The predicted molar refractivity (Wildman–Crippen MR) is 66.6 cm³/mol. The van der Waals surface area contributed by atoms with Gasteiger partial charge in [0.05, 0.1) is 0 Å². The van der Waals surface area contributed by atoms with Crippen LogP contribution in [0.3, 0.4) is 0 Å². The van der Waals surface area contributed by atoms with Crippen LogP contribution >= 0.6 is 0 Å². The van der Waals surface area contributed by atoms with Gasteiger partial charge in [-0.2, -0.15) is 8.78 Å². The van der Waals surface area contributed by atoms with Crippen molar-refractivity contribution in [2.75, 3.05) is 0 Å². The van der Waals surface area contributed by atoms with E-state index in [-0.39, 0.29) is 11.3 Å². The second-order valence-corrected chi connectivity index (χ2v) is 5.12. The first-order valence-electron chi connectivity index (χ1n) is 6.38. The van der Waals surface area contributed by atoms with Crippen LogP contribution in [0.15, 0.2) is 24.3 Å². The van der Waals surface area contributed by atoms with Crippen molar-refractivity contribution in [1.82, 2.24) is 0 Å². The number of nitrogens with two attached hydrogens (primary N) is 1. The minimum atomic E-state index is -2.78. The molecule has 4 heteroatoms. The van der Waals surface area contributed by atoms with Crippen molar-refractivity contribution in [2.24, 2.45) is 11.7 Å². The van der Waals surface area contributed by atoms with Gasteiger partial charge in [0.1, 0.15) is 5.75 Å². The second-order valence-electron chi connectivity index (χ2n) is 5.12. The molecular weight excluding hydrogens is 236 g/mol. The lowest BCUT2D eigenvalue weighted by atomic mass is 9.64. The third-order valence-electron chi connectivity index (χ3n) is 3.66. The van der Waals surface area contributed by atoms with Gasteiger partial charge in [0.2, 0.25) is 0 Å². The van der Waals surface area contributed by atoms with Crippen LogP contribution < -0.4 is 10.5 Å². The molecule has 0 unspecified atom stereocenters. The summed E-state index contributed by atoms with van der Waals surface area (Å²) < 4.78 is 28.4. The van der Waals surface area contributed by atoms with Gasteiger partial charge in [-0.3, -0.25) is 0 Å². The minimum Gasteiger partial charge on any atom is -0.435 e. The van der Waals surface area contributed by atoms with Crippen LogP contribution in [0, 0.1) is 5.92 Å². The Kier molecular flexibility index (Phi) is 3.85. The van der Waals surface area contributed by atoms with E-state index in [0.29, 0.717) is 5.92 Å². The van der Waals surface area contributed by atoms with E-state index in [1.807, 2.05) is 0 Å². The van der Waals surface area contributed by atoms with Gasteiger partial charge < -0.3 is 10.5 Å². The van der Waals surface area contributed by atoms with Crippen LogP contribution in [0.2, 0.25) is 0 Å². The van der Waals surface area contributed by atoms with E-state index in [1.165, 1.54) is 12.8 Å². The number of halogens is 2. The Hall–Kier alpha value is -1.16. The van der Waals surface area contributed by atoms with Crippen molar-refractivity contribution < 1.29 is 13.5 Å². The van der Waals surface area contributed by atoms with Gasteiger partial charge in [0, 0.05) is 5.54 Å². The molecule has 0 aromatic heterocycles. The Balaban J connectivity index is 1.98. The first-order chi connectivity index (χ1) is 8.53. The normalized spacial score (nSPS) is 27.1. The molecule has 1 aromatic carbocycles. The predicted octanol–water partition coefficient (Wildman–Crippen LogP) is 3.65. The fourth-order valence-electron chi connectivity index (χ4n) is 2.79. The lowest BCUT2D eigenvalue weighted by molar-refractivity contribution is -0.0498. The maximum atomic E-state index is 12.0. The summed E-state index contributed by atoms with van der Waals surface area (Å²) >= 11 is 0. The average Bonchev–Trinajstić information content (AvgIpc) is 2.27. The fourth-order valence-corrected chi connectivity index (χ4v) is 2.79. The summed E-state index contributed by atoms with van der Waals surface area (Å²) in [7, 11) is 0. The summed E-state index contributed by atoms with van der Waals surface area (Å²) in [5.74, 6) is 0.888. The Morgan fingerprint density at radius 1 is 1.33 bits per heavy atom. The highest BCUT2D eigenvalue weighted by Gasteiger charge is 2.41. The standard InChI is InChI=1S/C14H19F2NO/c1-2-3-10-8-14(17,9-10)11-4-6-12(7-5-11)18-13(15)16/h4-7,10,13H,2-3,8-9,17H2,1H3. The Morgan fingerprint density at radius 2 is 1.94 bits per heavy atom. The summed E-state index contributed by atoms with van der Waals surface area (Å²) in [5.41, 5.74) is 7.04. The molecule has 2 rings (SSSR count). The van der Waals surface area contributed by atoms with Crippen molar-refractivity contribution in [1.29, 1.82) is 0 Å². The lowest BCUT2D eigenvalue weighted by Crippen LogP contribution is -2.48. The van der Waals surface area contributed by atoms with E-state index in [1.54, 1.807) is 24.3 Å². The van der Waals surface area contributed by atoms with Crippen molar-refractivity contribution in [2.45, 2.75) is 44.8 Å². The van der Waals surface area contributed by atoms with Crippen molar-refractivity contribution in [3.63, 3.8) is 0 Å². The smallest absolute Gasteiger partial charge is 0.387 e. The molecule has 1 aromatic rings. The van der Waals surface area contributed by atoms with Crippen molar-refractivity contribution in [3.05, 3.63) is 29.8 Å². The van der Waals surface area contributed by atoms with Crippen LogP contribution in [0.1, 0.15) is 38.2 Å². The maximum absolute atomic E-state index is 12.0. The molecule has 2 N–H and O–H groups in total. The average molecular weight is 255 g/mol. The van der Waals surface area contributed by atoms with Gasteiger partial charge in [-0.05, 0) is 36.5 Å². The molecule has 0 saturated heterocycles. The summed E-state index contributed by atoms with van der Waals surface area (Å²) in [5, 5.41) is 0. The van der Waals surface area contributed by atoms with Gasteiger partial charge in [0.25, 0.3) is 0 Å². The summed E-state index contributed by atoms with van der Waals surface area (Å²) in [6.07, 6.45) is 4.36. The van der Waals surface area contributed by atoms with E-state index < -0.39 is 6.61 Å². The molecule has 100 valence electrons. The monoisotopic (exact) mass is 255 g/mol. The third kappa shape index (κ3) is 2.80. The number of alkyl halides is 2.